The van der Waals surface area contributed by atoms with E-state index >= 15 is 0 Å². The van der Waals surface area contributed by atoms with E-state index in [1.165, 1.54) is 0 Å². The first kappa shape index (κ1) is 40.0. The number of hydrogen-bond acceptors (Lipinski definition) is 13. The second kappa shape index (κ2) is 18.6. The molecule has 0 saturated carbocycles. The van der Waals surface area contributed by atoms with E-state index in [4.69, 9.17) is 33.0 Å². The third kappa shape index (κ3) is 16.0. The van der Waals surface area contributed by atoms with Crippen LogP contribution in [-0.4, -0.2) is 74.4 Å². The predicted octanol–water partition coefficient (Wildman–Crippen LogP) is 1.95. The van der Waals surface area contributed by atoms with Crippen molar-refractivity contribution in [3.05, 3.63) is 0 Å². The van der Waals surface area contributed by atoms with Crippen LogP contribution in [0.1, 0.15) is 66.2 Å². The molecule has 0 rings (SSSR count). The molecule has 0 aromatic heterocycles. The van der Waals surface area contributed by atoms with Crippen LogP contribution in [0.2, 0.25) is 0 Å². The number of phosphoric ester groups is 3. The van der Waals surface area contributed by atoms with Gasteiger partial charge < -0.3 is 24.7 Å². The van der Waals surface area contributed by atoms with Crippen molar-refractivity contribution in [2.75, 3.05) is 26.4 Å². The molecular weight excluding hydrogens is 611 g/mol. The highest BCUT2D eigenvalue weighted by atomic mass is 31.2. The van der Waals surface area contributed by atoms with E-state index in [0.717, 1.165) is 11.3 Å². The average Bonchev–Trinajstić information content (AvgIpc) is 2.87. The van der Waals surface area contributed by atoms with Crippen LogP contribution in [0.4, 0.5) is 8.96 Å². The molecule has 0 aliphatic rings. The van der Waals surface area contributed by atoms with Crippen LogP contribution in [0.3, 0.4) is 0 Å². The van der Waals surface area contributed by atoms with Gasteiger partial charge in [-0.2, -0.15) is 0 Å². The molecule has 22 heteroatoms. The number of rotatable bonds is 25. The summed E-state index contributed by atoms with van der Waals surface area (Å²) in [6.07, 6.45) is 0.147. The van der Waals surface area contributed by atoms with E-state index in [-0.39, 0.29) is 38.5 Å². The highest BCUT2D eigenvalue weighted by molar-refractivity contribution is 7.47. The van der Waals surface area contributed by atoms with Crippen molar-refractivity contribution < 1.29 is 70.0 Å². The van der Waals surface area contributed by atoms with Crippen LogP contribution in [0.25, 0.3) is 0 Å². The van der Waals surface area contributed by atoms with E-state index < -0.39 is 73.2 Å². The van der Waals surface area contributed by atoms with Gasteiger partial charge >= 0.3 is 23.5 Å². The minimum atomic E-state index is -4.88. The summed E-state index contributed by atoms with van der Waals surface area (Å²) in [6, 6.07) is -2.16. The normalized spacial score (nSPS) is 17.8. The fraction of sp³-hybridized carbons (Fsp3) is 1.00. The maximum Gasteiger partial charge on any atom is 0.472 e. The lowest BCUT2D eigenvalue weighted by Gasteiger charge is -2.36. The largest absolute Gasteiger partial charge is 0.472 e. The number of halogens is 2. The van der Waals surface area contributed by atoms with Gasteiger partial charge in [-0.15, -0.1) is 8.96 Å². The zero-order chi connectivity index (χ0) is 31.1. The van der Waals surface area contributed by atoms with Crippen molar-refractivity contribution in [3.63, 3.8) is 0 Å². The summed E-state index contributed by atoms with van der Waals surface area (Å²) in [6.45, 7) is 4.13. The number of phosphoric acid groups is 3. The van der Waals surface area contributed by atoms with Crippen molar-refractivity contribution in [2.45, 2.75) is 89.5 Å². The van der Waals surface area contributed by atoms with Crippen molar-refractivity contribution >= 4 is 23.5 Å². The third-order valence-electron chi connectivity index (χ3n) is 6.25. The van der Waals surface area contributed by atoms with Gasteiger partial charge in [-0.05, 0) is 32.1 Å². The van der Waals surface area contributed by atoms with E-state index in [1.807, 2.05) is 5.43 Å². The topological polar surface area (TPSA) is 247 Å². The minimum Gasteiger partial charge on any atom is -0.395 e. The molecular formula is C18H43F2N4O13P3. The van der Waals surface area contributed by atoms with E-state index in [1.54, 1.807) is 27.7 Å². The van der Waals surface area contributed by atoms with Crippen molar-refractivity contribution in [1.29, 1.82) is 0 Å². The highest BCUT2D eigenvalue weighted by Crippen LogP contribution is 2.53. The molecule has 0 aromatic rings. The van der Waals surface area contributed by atoms with Crippen LogP contribution >= 0.6 is 23.5 Å². The van der Waals surface area contributed by atoms with Crippen LogP contribution < -0.4 is 22.1 Å². The Balaban J connectivity index is 5.39. The van der Waals surface area contributed by atoms with Gasteiger partial charge in [0.25, 0.3) is 0 Å². The molecule has 0 heterocycles. The molecule has 0 amide bonds. The lowest BCUT2D eigenvalue weighted by molar-refractivity contribution is -0.0232. The highest BCUT2D eigenvalue weighted by Gasteiger charge is 2.41. The van der Waals surface area contributed by atoms with Crippen LogP contribution in [0.15, 0.2) is 0 Å². The molecule has 0 fully saturated rings. The maximum atomic E-state index is 12.8. The Morgan fingerprint density at radius 1 is 0.725 bits per heavy atom. The van der Waals surface area contributed by atoms with Crippen molar-refractivity contribution in [2.24, 2.45) is 0 Å². The third-order valence-corrected chi connectivity index (χ3v) is 8.95. The molecule has 4 unspecified atom stereocenters. The summed E-state index contributed by atoms with van der Waals surface area (Å²) in [5, 5.41) is 9.12. The Bertz CT molecular complexity index is 852. The number of hydrogen-bond donors (Lipinski definition) is 9. The first-order valence-corrected chi connectivity index (χ1v) is 16.9. The van der Waals surface area contributed by atoms with Crippen molar-refractivity contribution in [1.82, 2.24) is 22.1 Å². The fourth-order valence-electron chi connectivity index (χ4n) is 3.64. The summed E-state index contributed by atoms with van der Waals surface area (Å²) in [7, 11) is -14.4. The van der Waals surface area contributed by atoms with E-state index in [9.17, 15) is 32.4 Å². The summed E-state index contributed by atoms with van der Waals surface area (Å²) in [5.41, 5.74) is 3.52. The van der Waals surface area contributed by atoms with E-state index in [0.29, 0.717) is 0 Å². The van der Waals surface area contributed by atoms with Gasteiger partial charge in [-0.3, -0.25) is 22.6 Å². The van der Waals surface area contributed by atoms with Gasteiger partial charge in [0.1, 0.15) is 0 Å². The monoisotopic (exact) mass is 654 g/mol. The molecule has 0 aliphatic carbocycles. The second-order valence-corrected chi connectivity index (χ2v) is 12.8. The number of hydrazine groups is 2. The summed E-state index contributed by atoms with van der Waals surface area (Å²) in [5.74, 6) is 0. The van der Waals surface area contributed by atoms with Crippen LogP contribution in [-0.2, 0) is 36.3 Å². The number of aliphatic hydroxyl groups excluding tert-OH is 1. The van der Waals surface area contributed by atoms with Gasteiger partial charge in [0.05, 0.1) is 49.7 Å². The van der Waals surface area contributed by atoms with Gasteiger partial charge in [0.2, 0.25) is 0 Å². The molecule has 0 bridgehead atoms. The predicted molar refractivity (Wildman–Crippen MR) is 137 cm³/mol. The molecule has 4 atom stereocenters. The molecule has 40 heavy (non-hydrogen) atoms. The Morgan fingerprint density at radius 2 is 1.18 bits per heavy atom. The molecule has 0 radical (unpaired) electrons. The Morgan fingerprint density at radius 3 is 1.62 bits per heavy atom. The lowest BCUT2D eigenvalue weighted by atomic mass is 9.90. The van der Waals surface area contributed by atoms with Crippen molar-refractivity contribution in [3.8, 4) is 0 Å². The van der Waals surface area contributed by atoms with E-state index in [2.05, 4.69) is 9.95 Å². The van der Waals surface area contributed by atoms with Gasteiger partial charge in [-0.25, -0.2) is 24.5 Å². The minimum absolute atomic E-state index is 0.113. The molecule has 0 saturated heterocycles. The lowest BCUT2D eigenvalue weighted by Crippen LogP contribution is -2.46. The second-order valence-electron chi connectivity index (χ2n) is 8.82. The summed E-state index contributed by atoms with van der Waals surface area (Å²) < 4.78 is 86.3. The summed E-state index contributed by atoms with van der Waals surface area (Å²) >= 11 is 0. The Kier molecular flexibility index (Phi) is 18.6. The Hall–Kier alpha value is -0.0100. The fourth-order valence-corrected chi connectivity index (χ4v) is 6.47. The molecule has 0 aliphatic heterocycles. The summed E-state index contributed by atoms with van der Waals surface area (Å²) in [4.78, 5) is 38.4. The molecule has 242 valence electrons. The maximum absolute atomic E-state index is 12.8. The van der Waals surface area contributed by atoms with Crippen LogP contribution in [0, 0.1) is 0 Å². The first-order valence-electron chi connectivity index (χ1n) is 12.4. The SMILES string of the molecule is CCC(CC)(CCOP(=O)(O)OC(CC)(CC)CC(COP(=O)(O)O)NNF)OP(=O)(O)OCC(CO)NNF. The molecule has 9 N–H and O–H groups in total. The van der Waals surface area contributed by atoms with Crippen LogP contribution in [0.5, 0.6) is 0 Å². The van der Waals surface area contributed by atoms with Gasteiger partial charge in [-0.1, -0.05) is 39.0 Å². The average molecular weight is 654 g/mol. The van der Waals surface area contributed by atoms with Gasteiger partial charge in [0, 0.05) is 6.42 Å². The molecule has 0 spiro atoms. The standard InChI is InChI=1S/C18H43F2N4O13P3/c1-5-17(6-2,36-40(31,32)35-14-16(12-25)22-24-20)9-10-33-39(29,30)37-18(7-3,8-4)11-15(21-23-19)13-34-38(26,27)28/h15-16,21-25H,5-14H2,1-4H3,(H,29,30)(H,31,32)(H2,26,27,28). The molecule has 0 aromatic carbocycles. The number of aliphatic hydroxyl groups is 1. The molecule has 17 nitrogen and oxygen atoms in total. The Labute approximate surface area is 231 Å². The number of nitrogens with one attached hydrogen (secondary N) is 4. The quantitative estimate of drug-likeness (QED) is 0.0388. The smallest absolute Gasteiger partial charge is 0.395 e. The zero-order valence-electron chi connectivity index (χ0n) is 22.8. The van der Waals surface area contributed by atoms with Gasteiger partial charge in [0.15, 0.2) is 0 Å². The first-order chi connectivity index (χ1) is 18.5. The zero-order valence-corrected chi connectivity index (χ0v) is 25.5.